The molecule has 19 heavy (non-hydrogen) atoms. The molecule has 0 N–H and O–H groups in total. The summed E-state index contributed by atoms with van der Waals surface area (Å²) in [6.07, 6.45) is 5.85. The third-order valence-corrected chi connectivity index (χ3v) is 4.33. The van der Waals surface area contributed by atoms with Gasteiger partial charge in [0.05, 0.1) is 0 Å². The third-order valence-electron chi connectivity index (χ3n) is 3.50. The van der Waals surface area contributed by atoms with Gasteiger partial charge in [-0.15, -0.1) is 0 Å². The van der Waals surface area contributed by atoms with Gasteiger partial charge in [-0.25, -0.2) is 0 Å². The Morgan fingerprint density at radius 1 is 1.32 bits per heavy atom. The Morgan fingerprint density at radius 2 is 1.89 bits per heavy atom. The quantitative estimate of drug-likeness (QED) is 0.357. The second kappa shape index (κ2) is 5.70. The molecule has 0 atom stereocenters. The second-order valence-corrected chi connectivity index (χ2v) is 11.9. The zero-order valence-corrected chi connectivity index (χ0v) is 14.8. The Labute approximate surface area is 120 Å². The molecule has 0 bridgehead atoms. The molecule has 0 aromatic rings. The number of rotatable bonds is 4. The molecule has 0 aromatic heterocycles. The number of hydrogen-bond donors (Lipinski definition) is 0. The first kappa shape index (κ1) is 16.3. The van der Waals surface area contributed by atoms with Crippen molar-refractivity contribution in [2.45, 2.75) is 66.6 Å². The highest BCUT2D eigenvalue weighted by atomic mass is 28.4. The standard InChI is InChI=1S/C17H30OSi/c1-13(2)12-15(18-19(6,7)8)16-14(3)10-9-11-17(16,4)5/h12H,1,9-11H2,2-8H3/b15-12+. The summed E-state index contributed by atoms with van der Waals surface area (Å²) in [5, 5.41) is 0. The predicted octanol–water partition coefficient (Wildman–Crippen LogP) is 5.82. The van der Waals surface area contributed by atoms with Gasteiger partial charge in [-0.1, -0.05) is 31.6 Å². The Hall–Kier alpha value is -0.763. The fourth-order valence-corrected chi connectivity index (χ4v) is 3.69. The summed E-state index contributed by atoms with van der Waals surface area (Å²) in [5.74, 6) is 1.08. The topological polar surface area (TPSA) is 9.23 Å². The molecule has 0 heterocycles. The molecule has 0 amide bonds. The van der Waals surface area contributed by atoms with Crippen molar-refractivity contribution < 1.29 is 4.43 Å². The molecule has 0 radical (unpaired) electrons. The van der Waals surface area contributed by atoms with Crippen LogP contribution in [0.15, 0.2) is 35.1 Å². The van der Waals surface area contributed by atoms with Crippen molar-refractivity contribution in [1.29, 1.82) is 0 Å². The van der Waals surface area contributed by atoms with Gasteiger partial charge in [-0.05, 0) is 69.8 Å². The molecule has 1 rings (SSSR count). The smallest absolute Gasteiger partial charge is 0.242 e. The van der Waals surface area contributed by atoms with Gasteiger partial charge in [0.1, 0.15) is 5.76 Å². The maximum atomic E-state index is 6.38. The summed E-state index contributed by atoms with van der Waals surface area (Å²) in [6.45, 7) is 19.7. The molecule has 108 valence electrons. The SMILES string of the molecule is C=C(C)/C=C(/O[Si](C)(C)C)C1=C(C)CCCC1(C)C. The van der Waals surface area contributed by atoms with Crippen LogP contribution >= 0.6 is 0 Å². The molecule has 0 saturated heterocycles. The first-order valence-electron chi connectivity index (χ1n) is 7.30. The lowest BCUT2D eigenvalue weighted by Gasteiger charge is -2.37. The Kier molecular flexibility index (Phi) is 4.89. The highest BCUT2D eigenvalue weighted by Gasteiger charge is 2.33. The van der Waals surface area contributed by atoms with Gasteiger partial charge in [0, 0.05) is 0 Å². The molecule has 0 aliphatic heterocycles. The second-order valence-electron chi connectivity index (χ2n) is 7.46. The van der Waals surface area contributed by atoms with Crippen LogP contribution in [-0.4, -0.2) is 8.32 Å². The number of hydrogen-bond acceptors (Lipinski definition) is 1. The van der Waals surface area contributed by atoms with Crippen LogP contribution in [0.2, 0.25) is 19.6 Å². The van der Waals surface area contributed by atoms with Crippen molar-refractivity contribution >= 4 is 8.32 Å². The normalized spacial score (nSPS) is 20.5. The molecule has 0 unspecified atom stereocenters. The van der Waals surface area contributed by atoms with Crippen molar-refractivity contribution in [2.75, 3.05) is 0 Å². The van der Waals surface area contributed by atoms with Gasteiger partial charge in [0.15, 0.2) is 0 Å². The van der Waals surface area contributed by atoms with E-state index in [9.17, 15) is 0 Å². The van der Waals surface area contributed by atoms with E-state index in [4.69, 9.17) is 4.43 Å². The maximum Gasteiger partial charge on any atom is 0.242 e. The monoisotopic (exact) mass is 278 g/mol. The van der Waals surface area contributed by atoms with E-state index in [0.29, 0.717) is 0 Å². The lowest BCUT2D eigenvalue weighted by molar-refractivity contribution is 0.327. The minimum atomic E-state index is -1.61. The van der Waals surface area contributed by atoms with E-state index in [1.807, 2.05) is 6.92 Å². The van der Waals surface area contributed by atoms with E-state index in [1.165, 1.54) is 30.4 Å². The Bertz CT molecular complexity index is 419. The molecular formula is C17H30OSi. The van der Waals surface area contributed by atoms with Crippen LogP contribution in [0.4, 0.5) is 0 Å². The molecule has 2 heteroatoms. The molecule has 0 fully saturated rings. The highest BCUT2D eigenvalue weighted by Crippen LogP contribution is 2.44. The molecule has 1 aliphatic rings. The van der Waals surface area contributed by atoms with Crippen LogP contribution in [0.3, 0.4) is 0 Å². The van der Waals surface area contributed by atoms with Crippen LogP contribution in [-0.2, 0) is 4.43 Å². The van der Waals surface area contributed by atoms with E-state index in [0.717, 1.165) is 11.3 Å². The lowest BCUT2D eigenvalue weighted by atomic mass is 9.72. The largest absolute Gasteiger partial charge is 0.544 e. The van der Waals surface area contributed by atoms with Gasteiger partial charge < -0.3 is 4.43 Å². The average molecular weight is 279 g/mol. The summed E-state index contributed by atoms with van der Waals surface area (Å²) in [5.41, 5.74) is 4.18. The minimum absolute atomic E-state index is 0.212. The van der Waals surface area contributed by atoms with Crippen LogP contribution in [0.25, 0.3) is 0 Å². The molecule has 0 saturated carbocycles. The fourth-order valence-electron chi connectivity index (χ4n) is 2.87. The van der Waals surface area contributed by atoms with Crippen LogP contribution in [0, 0.1) is 5.41 Å². The number of allylic oxidation sites excluding steroid dienone is 4. The first-order chi connectivity index (χ1) is 8.53. The zero-order valence-electron chi connectivity index (χ0n) is 13.8. The van der Waals surface area contributed by atoms with E-state index >= 15 is 0 Å². The van der Waals surface area contributed by atoms with Gasteiger partial charge >= 0.3 is 0 Å². The van der Waals surface area contributed by atoms with Crippen molar-refractivity contribution in [2.24, 2.45) is 5.41 Å². The van der Waals surface area contributed by atoms with Gasteiger partial charge in [0.25, 0.3) is 0 Å². The Morgan fingerprint density at radius 3 is 2.32 bits per heavy atom. The highest BCUT2D eigenvalue weighted by molar-refractivity contribution is 6.70. The zero-order chi connectivity index (χ0) is 14.8. The molecule has 0 spiro atoms. The van der Waals surface area contributed by atoms with Gasteiger partial charge in [0.2, 0.25) is 8.32 Å². The molecule has 1 aliphatic carbocycles. The lowest BCUT2D eigenvalue weighted by Crippen LogP contribution is -2.30. The third kappa shape index (κ3) is 4.68. The van der Waals surface area contributed by atoms with Crippen molar-refractivity contribution in [3.05, 3.63) is 35.1 Å². The summed E-state index contributed by atoms with van der Waals surface area (Å²) < 4.78 is 6.38. The van der Waals surface area contributed by atoms with E-state index in [-0.39, 0.29) is 5.41 Å². The predicted molar refractivity (Wildman–Crippen MR) is 87.7 cm³/mol. The van der Waals surface area contributed by atoms with Crippen molar-refractivity contribution in [3.63, 3.8) is 0 Å². The maximum absolute atomic E-state index is 6.38. The summed E-state index contributed by atoms with van der Waals surface area (Å²) in [6, 6.07) is 0. The summed E-state index contributed by atoms with van der Waals surface area (Å²) in [4.78, 5) is 0. The average Bonchev–Trinajstić information content (AvgIpc) is 2.11. The van der Waals surface area contributed by atoms with E-state index in [1.54, 1.807) is 0 Å². The fraction of sp³-hybridized carbons (Fsp3) is 0.647. The summed E-state index contributed by atoms with van der Waals surface area (Å²) in [7, 11) is -1.61. The van der Waals surface area contributed by atoms with Gasteiger partial charge in [-0.2, -0.15) is 0 Å². The summed E-state index contributed by atoms with van der Waals surface area (Å²) >= 11 is 0. The molecular weight excluding hydrogens is 248 g/mol. The van der Waals surface area contributed by atoms with Crippen LogP contribution in [0.1, 0.15) is 47.0 Å². The van der Waals surface area contributed by atoms with Crippen LogP contribution in [0.5, 0.6) is 0 Å². The minimum Gasteiger partial charge on any atom is -0.544 e. The van der Waals surface area contributed by atoms with Gasteiger partial charge in [-0.3, -0.25) is 0 Å². The Balaban J connectivity index is 3.28. The first-order valence-corrected chi connectivity index (χ1v) is 10.7. The van der Waals surface area contributed by atoms with Crippen LogP contribution < -0.4 is 0 Å². The molecule has 0 aromatic carbocycles. The van der Waals surface area contributed by atoms with Crippen molar-refractivity contribution in [1.82, 2.24) is 0 Å². The van der Waals surface area contributed by atoms with E-state index < -0.39 is 8.32 Å². The van der Waals surface area contributed by atoms with E-state index in [2.05, 4.69) is 53.1 Å². The van der Waals surface area contributed by atoms with Crippen molar-refractivity contribution in [3.8, 4) is 0 Å². The molecule has 1 nitrogen and oxygen atoms in total.